The number of amides is 2. The highest BCUT2D eigenvalue weighted by Crippen LogP contribution is 2.20. The second-order valence-electron chi connectivity index (χ2n) is 6.92. The lowest BCUT2D eigenvalue weighted by Gasteiger charge is -2.26. The number of carbonyl (C=O) groups excluding carboxylic acids is 2. The number of ether oxygens (including phenoxy) is 1. The van der Waals surface area contributed by atoms with E-state index in [0.29, 0.717) is 31.0 Å². The molecule has 1 aliphatic heterocycles. The fourth-order valence-electron chi connectivity index (χ4n) is 3.28. The maximum atomic E-state index is 12.2. The highest BCUT2D eigenvalue weighted by atomic mass is 16.5. The summed E-state index contributed by atoms with van der Waals surface area (Å²) in [5.41, 5.74) is 1.08. The van der Waals surface area contributed by atoms with Crippen molar-refractivity contribution in [3.8, 4) is 5.75 Å². The van der Waals surface area contributed by atoms with Crippen molar-refractivity contribution in [3.63, 3.8) is 0 Å². The molecule has 0 radical (unpaired) electrons. The number of rotatable bonds is 7. The number of carbonyl (C=O) groups is 2. The zero-order chi connectivity index (χ0) is 20.1. The van der Waals surface area contributed by atoms with Gasteiger partial charge in [-0.3, -0.25) is 14.6 Å². The van der Waals surface area contributed by atoms with E-state index < -0.39 is 0 Å². The van der Waals surface area contributed by atoms with Gasteiger partial charge in [0.05, 0.1) is 5.52 Å². The van der Waals surface area contributed by atoms with E-state index in [4.69, 9.17) is 9.26 Å². The number of nitrogens with one attached hydrogen (secondary N) is 1. The van der Waals surface area contributed by atoms with Crippen molar-refractivity contribution < 1.29 is 18.8 Å². The van der Waals surface area contributed by atoms with Crippen LogP contribution in [0.5, 0.6) is 5.75 Å². The van der Waals surface area contributed by atoms with Gasteiger partial charge < -0.3 is 19.5 Å². The van der Waals surface area contributed by atoms with E-state index in [-0.39, 0.29) is 24.1 Å². The molecule has 8 nitrogen and oxygen atoms in total. The second kappa shape index (κ2) is 8.72. The van der Waals surface area contributed by atoms with E-state index in [1.54, 1.807) is 17.2 Å². The van der Waals surface area contributed by atoms with Gasteiger partial charge in [0.2, 0.25) is 5.91 Å². The molecule has 0 atom stereocenters. The zero-order valence-electron chi connectivity index (χ0n) is 16.0. The van der Waals surface area contributed by atoms with Crippen LogP contribution in [0.4, 0.5) is 0 Å². The molecule has 0 unspecified atom stereocenters. The first kappa shape index (κ1) is 18.9. The van der Waals surface area contributed by atoms with Crippen molar-refractivity contribution in [1.82, 2.24) is 20.4 Å². The number of pyridine rings is 1. The first-order valence-electron chi connectivity index (χ1n) is 9.68. The normalized spacial score (nSPS) is 14.2. The van der Waals surface area contributed by atoms with Gasteiger partial charge in [0.15, 0.2) is 11.5 Å². The average Bonchev–Trinajstić information content (AvgIpc) is 3.23. The fourth-order valence-corrected chi connectivity index (χ4v) is 3.28. The number of fused-ring (bicyclic) bond motifs is 1. The number of piperidine rings is 1. The zero-order valence-corrected chi connectivity index (χ0v) is 16.0. The summed E-state index contributed by atoms with van der Waals surface area (Å²) >= 11 is 0. The lowest BCUT2D eigenvalue weighted by molar-refractivity contribution is -0.133. The molecule has 2 amide bonds. The molecule has 0 bridgehead atoms. The predicted molar refractivity (Wildman–Crippen MR) is 105 cm³/mol. The van der Waals surface area contributed by atoms with Crippen LogP contribution in [0.25, 0.3) is 10.9 Å². The summed E-state index contributed by atoms with van der Waals surface area (Å²) in [6.07, 6.45) is 4.30. The lowest BCUT2D eigenvalue weighted by Crippen LogP contribution is -2.41. The Morgan fingerprint density at radius 3 is 3.07 bits per heavy atom. The van der Waals surface area contributed by atoms with Crippen molar-refractivity contribution in [3.05, 3.63) is 54.0 Å². The van der Waals surface area contributed by atoms with Gasteiger partial charge in [-0.25, -0.2) is 0 Å². The molecule has 2 aromatic heterocycles. The molecule has 0 saturated carbocycles. The van der Waals surface area contributed by atoms with E-state index in [0.717, 1.165) is 30.3 Å². The summed E-state index contributed by atoms with van der Waals surface area (Å²) in [4.78, 5) is 30.0. The number of hydrogen-bond donors (Lipinski definition) is 1. The molecule has 150 valence electrons. The third kappa shape index (κ3) is 4.71. The fraction of sp³-hybridized carbons (Fsp3) is 0.333. The Balaban J connectivity index is 1.27. The Labute approximate surface area is 167 Å². The summed E-state index contributed by atoms with van der Waals surface area (Å²) in [6.45, 7) is 1.81. The number of nitrogens with zero attached hydrogens (tertiary/aromatic N) is 3. The molecule has 3 aromatic rings. The van der Waals surface area contributed by atoms with Crippen LogP contribution >= 0.6 is 0 Å². The molecular formula is C21H22N4O4. The molecular weight excluding hydrogens is 372 g/mol. The molecule has 29 heavy (non-hydrogen) atoms. The molecule has 1 N–H and O–H groups in total. The van der Waals surface area contributed by atoms with Crippen LogP contribution in [0, 0.1) is 0 Å². The van der Waals surface area contributed by atoms with E-state index >= 15 is 0 Å². The number of likely N-dealkylation sites (tertiary alicyclic amines) is 1. The summed E-state index contributed by atoms with van der Waals surface area (Å²) in [6, 6.07) is 11.0. The van der Waals surface area contributed by atoms with Crippen LogP contribution in [0.2, 0.25) is 0 Å². The largest absolute Gasteiger partial charge is 0.486 e. The topological polar surface area (TPSA) is 97.6 Å². The van der Waals surface area contributed by atoms with Crippen LogP contribution in [0.1, 0.15) is 35.5 Å². The van der Waals surface area contributed by atoms with E-state index in [2.05, 4.69) is 15.5 Å². The summed E-state index contributed by atoms with van der Waals surface area (Å²) < 4.78 is 10.9. The average molecular weight is 394 g/mol. The molecule has 1 aliphatic rings. The Morgan fingerprint density at radius 1 is 1.24 bits per heavy atom. The molecule has 0 spiro atoms. The highest BCUT2D eigenvalue weighted by molar-refractivity contribution is 5.92. The first-order valence-corrected chi connectivity index (χ1v) is 9.68. The Kier molecular flexibility index (Phi) is 5.69. The number of aromatic nitrogens is 2. The first-order chi connectivity index (χ1) is 14.2. The second-order valence-corrected chi connectivity index (χ2v) is 6.92. The van der Waals surface area contributed by atoms with Crippen molar-refractivity contribution >= 4 is 22.7 Å². The van der Waals surface area contributed by atoms with Crippen LogP contribution in [-0.2, 0) is 11.4 Å². The van der Waals surface area contributed by atoms with Crippen LogP contribution < -0.4 is 10.1 Å². The third-order valence-electron chi connectivity index (χ3n) is 4.84. The van der Waals surface area contributed by atoms with E-state index in [9.17, 15) is 9.59 Å². The molecule has 1 saturated heterocycles. The van der Waals surface area contributed by atoms with Crippen molar-refractivity contribution in [2.45, 2.75) is 25.9 Å². The van der Waals surface area contributed by atoms with Crippen LogP contribution in [0.15, 0.2) is 47.1 Å². The van der Waals surface area contributed by atoms with E-state index in [1.807, 2.05) is 30.3 Å². The van der Waals surface area contributed by atoms with Crippen molar-refractivity contribution in [2.75, 3.05) is 19.6 Å². The van der Waals surface area contributed by atoms with Crippen LogP contribution in [-0.4, -0.2) is 46.5 Å². The maximum Gasteiger partial charge on any atom is 0.273 e. The summed E-state index contributed by atoms with van der Waals surface area (Å²) in [5, 5.41) is 7.55. The summed E-state index contributed by atoms with van der Waals surface area (Å²) in [7, 11) is 0. The molecule has 8 heteroatoms. The number of hydrogen-bond acceptors (Lipinski definition) is 6. The van der Waals surface area contributed by atoms with Gasteiger partial charge in [-0.2, -0.15) is 0 Å². The standard InChI is InChI=1S/C21H22N4O4/c26-20-5-1-2-10-25(20)11-9-23-21(27)19-13-17(29-24-19)14-28-16-6-7-18-15(12-16)4-3-8-22-18/h3-4,6-8,12-13H,1-2,5,9-11,14H2,(H,23,27). The summed E-state index contributed by atoms with van der Waals surface area (Å²) in [5.74, 6) is 0.948. The van der Waals surface area contributed by atoms with Gasteiger partial charge in [-0.05, 0) is 37.1 Å². The Morgan fingerprint density at radius 2 is 2.17 bits per heavy atom. The quantitative estimate of drug-likeness (QED) is 0.661. The lowest BCUT2D eigenvalue weighted by atomic mass is 10.1. The van der Waals surface area contributed by atoms with Gasteiger partial charge in [0.25, 0.3) is 5.91 Å². The minimum atomic E-state index is -0.332. The third-order valence-corrected chi connectivity index (χ3v) is 4.84. The van der Waals surface area contributed by atoms with Gasteiger partial charge in [0, 0.05) is 43.7 Å². The number of benzene rings is 1. The smallest absolute Gasteiger partial charge is 0.273 e. The molecule has 0 aliphatic carbocycles. The minimum Gasteiger partial charge on any atom is -0.486 e. The molecule has 3 heterocycles. The molecule has 1 fully saturated rings. The monoisotopic (exact) mass is 394 g/mol. The highest BCUT2D eigenvalue weighted by Gasteiger charge is 2.18. The van der Waals surface area contributed by atoms with Crippen LogP contribution in [0.3, 0.4) is 0 Å². The molecule has 1 aromatic carbocycles. The minimum absolute atomic E-state index is 0.149. The Bertz CT molecular complexity index is 1020. The SMILES string of the molecule is O=C(NCCN1CCCCC1=O)c1cc(COc2ccc3ncccc3c2)on1. The van der Waals surface area contributed by atoms with Crippen molar-refractivity contribution in [1.29, 1.82) is 0 Å². The maximum absolute atomic E-state index is 12.2. The van der Waals surface area contributed by atoms with E-state index in [1.165, 1.54) is 0 Å². The van der Waals surface area contributed by atoms with Gasteiger partial charge in [0.1, 0.15) is 12.4 Å². The van der Waals surface area contributed by atoms with Gasteiger partial charge in [-0.1, -0.05) is 11.2 Å². The Hall–Kier alpha value is -3.42. The van der Waals surface area contributed by atoms with Crippen molar-refractivity contribution in [2.24, 2.45) is 0 Å². The van der Waals surface area contributed by atoms with Gasteiger partial charge in [-0.15, -0.1) is 0 Å². The molecule has 4 rings (SSSR count). The predicted octanol–water partition coefficient (Wildman–Crippen LogP) is 2.54. The van der Waals surface area contributed by atoms with Gasteiger partial charge >= 0.3 is 0 Å².